The van der Waals surface area contributed by atoms with Crippen molar-refractivity contribution in [1.82, 2.24) is 4.90 Å². The number of carbonyl (C=O) groups is 2. The molecule has 1 amide bonds. The number of rotatable bonds is 6. The predicted molar refractivity (Wildman–Crippen MR) is 90.4 cm³/mol. The van der Waals surface area contributed by atoms with Crippen molar-refractivity contribution in [3.05, 3.63) is 34.1 Å². The Kier molecular flexibility index (Phi) is 5.94. The van der Waals surface area contributed by atoms with Gasteiger partial charge in [-0.1, -0.05) is 46.0 Å². The third kappa shape index (κ3) is 4.05. The first-order valence-corrected chi connectivity index (χ1v) is 8.65. The first-order chi connectivity index (χ1) is 10.4. The number of amides is 1. The van der Waals surface area contributed by atoms with E-state index in [0.29, 0.717) is 20.8 Å². The lowest BCUT2D eigenvalue weighted by atomic mass is 10.1. The van der Waals surface area contributed by atoms with Crippen LogP contribution in [0.5, 0.6) is 0 Å². The minimum Gasteiger partial charge on any atom is -0.481 e. The Bertz CT molecular complexity index is 606. The second-order valence-corrected chi connectivity index (χ2v) is 7.45. The van der Waals surface area contributed by atoms with Gasteiger partial charge in [0.2, 0.25) is 5.91 Å². The molecule has 0 aliphatic carbocycles. The van der Waals surface area contributed by atoms with E-state index in [0.717, 1.165) is 0 Å². The van der Waals surface area contributed by atoms with E-state index in [2.05, 4.69) is 15.9 Å². The van der Waals surface area contributed by atoms with E-state index in [-0.39, 0.29) is 31.1 Å². The van der Waals surface area contributed by atoms with Gasteiger partial charge in [0, 0.05) is 23.0 Å². The molecular weight excluding hydrogens is 393 g/mol. The number of carboxylic acids is 1. The van der Waals surface area contributed by atoms with Crippen molar-refractivity contribution in [3.8, 4) is 0 Å². The molecule has 0 saturated carbocycles. The summed E-state index contributed by atoms with van der Waals surface area (Å²) in [5.74, 6) is -1.45. The van der Waals surface area contributed by atoms with Crippen molar-refractivity contribution in [2.24, 2.45) is 0 Å². The van der Waals surface area contributed by atoms with Crippen LogP contribution in [-0.2, 0) is 16.0 Å². The summed E-state index contributed by atoms with van der Waals surface area (Å²) < 4.78 is 14.9. The number of nitrogens with zero attached hydrogens (tertiary/aromatic N) is 1. The topological polar surface area (TPSA) is 57.6 Å². The van der Waals surface area contributed by atoms with E-state index in [1.54, 1.807) is 12.1 Å². The largest absolute Gasteiger partial charge is 0.481 e. The van der Waals surface area contributed by atoms with Crippen LogP contribution >= 0.6 is 39.9 Å². The molecule has 1 N–H and O–H groups in total. The highest BCUT2D eigenvalue weighted by Gasteiger charge is 2.37. The molecule has 4 nitrogen and oxygen atoms in total. The van der Waals surface area contributed by atoms with Crippen molar-refractivity contribution in [2.75, 3.05) is 6.54 Å². The minimum atomic E-state index is -0.906. The number of carboxylic acid groups (broad SMARTS) is 1. The lowest BCUT2D eigenvalue weighted by molar-refractivity contribution is -0.137. The molecule has 0 spiro atoms. The zero-order valence-corrected chi connectivity index (χ0v) is 14.6. The van der Waals surface area contributed by atoms with Gasteiger partial charge in [0.25, 0.3) is 0 Å². The molecule has 0 bridgehead atoms. The van der Waals surface area contributed by atoms with Crippen LogP contribution in [0.1, 0.15) is 18.4 Å². The van der Waals surface area contributed by atoms with Gasteiger partial charge < -0.3 is 5.11 Å². The van der Waals surface area contributed by atoms with Gasteiger partial charge in [0.1, 0.15) is 10.1 Å². The fourth-order valence-electron chi connectivity index (χ4n) is 2.13. The second kappa shape index (κ2) is 7.52. The number of hydrogen-bond acceptors (Lipinski definition) is 4. The number of aliphatic carboxylic acids is 1. The molecule has 22 heavy (non-hydrogen) atoms. The highest BCUT2D eigenvalue weighted by Crippen LogP contribution is 2.32. The van der Waals surface area contributed by atoms with Crippen LogP contribution in [-0.4, -0.2) is 38.0 Å². The normalized spacial score (nSPS) is 18.1. The van der Waals surface area contributed by atoms with Gasteiger partial charge in [-0.15, -0.1) is 0 Å². The molecule has 118 valence electrons. The smallest absolute Gasteiger partial charge is 0.303 e. The van der Waals surface area contributed by atoms with Crippen molar-refractivity contribution in [3.63, 3.8) is 0 Å². The number of thiocarbonyl (C=S) groups is 1. The van der Waals surface area contributed by atoms with Crippen molar-refractivity contribution in [2.45, 2.75) is 24.5 Å². The van der Waals surface area contributed by atoms with E-state index in [1.807, 2.05) is 0 Å². The third-order valence-corrected chi connectivity index (χ3v) is 5.56. The number of carbonyl (C=O) groups excluding carboxylic acids is 1. The Morgan fingerprint density at radius 2 is 2.23 bits per heavy atom. The third-order valence-electron chi connectivity index (χ3n) is 3.23. The maximum Gasteiger partial charge on any atom is 0.303 e. The van der Waals surface area contributed by atoms with Gasteiger partial charge in [-0.3, -0.25) is 14.5 Å². The fraction of sp³-hybridized carbons (Fsp3) is 0.357. The van der Waals surface area contributed by atoms with E-state index in [1.165, 1.54) is 22.7 Å². The molecular formula is C14H13BrFNO3S2. The molecule has 1 heterocycles. The second-order valence-electron chi connectivity index (χ2n) is 4.76. The van der Waals surface area contributed by atoms with Crippen LogP contribution in [0.2, 0.25) is 0 Å². The van der Waals surface area contributed by atoms with Crippen LogP contribution in [0.15, 0.2) is 22.7 Å². The Labute approximate surface area is 145 Å². The minimum absolute atomic E-state index is 0.0133. The van der Waals surface area contributed by atoms with E-state index < -0.39 is 11.2 Å². The molecule has 2 rings (SSSR count). The zero-order chi connectivity index (χ0) is 16.3. The lowest BCUT2D eigenvalue weighted by Crippen LogP contribution is -2.33. The summed E-state index contributed by atoms with van der Waals surface area (Å²) in [6.07, 6.45) is 0.574. The zero-order valence-electron chi connectivity index (χ0n) is 11.4. The van der Waals surface area contributed by atoms with Gasteiger partial charge in [-0.2, -0.15) is 0 Å². The molecule has 8 heteroatoms. The van der Waals surface area contributed by atoms with Gasteiger partial charge >= 0.3 is 5.97 Å². The van der Waals surface area contributed by atoms with Gasteiger partial charge in [-0.25, -0.2) is 4.39 Å². The molecule has 1 aromatic rings. The number of benzene rings is 1. The van der Waals surface area contributed by atoms with Gasteiger partial charge in [0.05, 0.1) is 5.25 Å². The highest BCUT2D eigenvalue weighted by molar-refractivity contribution is 9.10. The Morgan fingerprint density at radius 3 is 2.86 bits per heavy atom. The molecule has 1 aromatic carbocycles. The van der Waals surface area contributed by atoms with Crippen LogP contribution in [0.25, 0.3) is 0 Å². The number of thioether (sulfide) groups is 1. The molecule has 1 unspecified atom stereocenters. The van der Waals surface area contributed by atoms with Crippen molar-refractivity contribution in [1.29, 1.82) is 0 Å². The van der Waals surface area contributed by atoms with Gasteiger partial charge in [-0.05, 0) is 25.0 Å². The quantitative estimate of drug-likeness (QED) is 0.736. The van der Waals surface area contributed by atoms with Crippen LogP contribution in [0.3, 0.4) is 0 Å². The van der Waals surface area contributed by atoms with E-state index in [9.17, 15) is 14.0 Å². The van der Waals surface area contributed by atoms with Crippen LogP contribution < -0.4 is 0 Å². The maximum atomic E-state index is 13.9. The Morgan fingerprint density at radius 1 is 1.50 bits per heavy atom. The molecule has 1 aliphatic heterocycles. The summed E-state index contributed by atoms with van der Waals surface area (Å²) in [5, 5.41) is 8.17. The van der Waals surface area contributed by atoms with Crippen LogP contribution in [0.4, 0.5) is 4.39 Å². The van der Waals surface area contributed by atoms with Crippen molar-refractivity contribution >= 4 is 56.1 Å². The van der Waals surface area contributed by atoms with Gasteiger partial charge in [0.15, 0.2) is 0 Å². The molecule has 0 aromatic heterocycles. The average Bonchev–Trinajstić information content (AvgIpc) is 2.70. The van der Waals surface area contributed by atoms with E-state index >= 15 is 0 Å². The summed E-state index contributed by atoms with van der Waals surface area (Å²) in [6.45, 7) is 0.284. The van der Waals surface area contributed by atoms with E-state index in [4.69, 9.17) is 17.3 Å². The fourth-order valence-corrected chi connectivity index (χ4v) is 4.19. The number of hydrogen-bond donors (Lipinski definition) is 1. The summed E-state index contributed by atoms with van der Waals surface area (Å²) >= 11 is 9.69. The SMILES string of the molecule is O=C(O)CCCN1C(=O)C(Cc2c(F)cccc2Br)SC1=S. The first kappa shape index (κ1) is 17.4. The average molecular weight is 406 g/mol. The van der Waals surface area contributed by atoms with Crippen molar-refractivity contribution < 1.29 is 19.1 Å². The molecule has 1 atom stereocenters. The summed E-state index contributed by atoms with van der Waals surface area (Å²) in [7, 11) is 0. The van der Waals surface area contributed by atoms with Crippen LogP contribution in [0, 0.1) is 5.82 Å². The number of halogens is 2. The summed E-state index contributed by atoms with van der Waals surface area (Å²) in [5.41, 5.74) is 0.448. The molecule has 1 saturated heterocycles. The summed E-state index contributed by atoms with van der Waals surface area (Å²) in [4.78, 5) is 24.3. The standard InChI is InChI=1S/C14H13BrFNO3S2/c15-9-3-1-4-10(16)8(9)7-11-13(20)17(14(21)22-11)6-2-5-12(18)19/h1,3-4,11H,2,5-7H2,(H,18,19). The maximum absolute atomic E-state index is 13.9. The molecule has 1 aliphatic rings. The molecule has 0 radical (unpaired) electrons. The molecule has 1 fully saturated rings. The first-order valence-electron chi connectivity index (χ1n) is 6.57. The lowest BCUT2D eigenvalue weighted by Gasteiger charge is -2.15. The predicted octanol–water partition coefficient (Wildman–Crippen LogP) is 3.22. The monoisotopic (exact) mass is 405 g/mol. The Hall–Kier alpha value is -0.990. The highest BCUT2D eigenvalue weighted by atomic mass is 79.9. The Balaban J connectivity index is 2.03. The summed E-state index contributed by atoms with van der Waals surface area (Å²) in [6, 6.07) is 4.67.